The quantitative estimate of drug-likeness (QED) is 0.782. The van der Waals surface area contributed by atoms with Gasteiger partial charge in [0.15, 0.2) is 0 Å². The maximum Gasteiger partial charge on any atom is 0.253 e. The molecule has 6 heteroatoms. The normalized spacial score (nSPS) is 19.7. The van der Waals surface area contributed by atoms with Crippen molar-refractivity contribution in [2.24, 2.45) is 5.92 Å². The summed E-state index contributed by atoms with van der Waals surface area (Å²) in [5, 5.41) is 14.5. The number of benzene rings is 1. The largest absolute Gasteiger partial charge is 0.391 e. The molecule has 0 bridgehead atoms. The SMILES string of the molecule is O=C(c1ccc(-n2cccn2)cc1)N1C[C@@H](Cc2ccncc2)[C@@H](O)C1. The van der Waals surface area contributed by atoms with E-state index in [0.717, 1.165) is 17.7 Å². The molecule has 1 amide bonds. The number of nitrogens with zero attached hydrogens (tertiary/aromatic N) is 4. The first-order chi connectivity index (χ1) is 12.7. The first kappa shape index (κ1) is 16.5. The van der Waals surface area contributed by atoms with Crippen molar-refractivity contribution in [3.63, 3.8) is 0 Å². The van der Waals surface area contributed by atoms with E-state index in [1.54, 1.807) is 28.2 Å². The van der Waals surface area contributed by atoms with Gasteiger partial charge in [0.2, 0.25) is 0 Å². The maximum atomic E-state index is 12.8. The van der Waals surface area contributed by atoms with E-state index in [2.05, 4.69) is 10.1 Å². The number of rotatable bonds is 4. The lowest BCUT2D eigenvalue weighted by molar-refractivity contribution is 0.0764. The molecule has 132 valence electrons. The molecule has 0 unspecified atom stereocenters. The molecule has 0 spiro atoms. The minimum Gasteiger partial charge on any atom is -0.391 e. The number of pyridine rings is 1. The Labute approximate surface area is 151 Å². The third kappa shape index (κ3) is 3.36. The summed E-state index contributed by atoms with van der Waals surface area (Å²) < 4.78 is 1.75. The van der Waals surface area contributed by atoms with Gasteiger partial charge in [-0.2, -0.15) is 5.10 Å². The van der Waals surface area contributed by atoms with Gasteiger partial charge in [0, 0.05) is 49.4 Å². The topological polar surface area (TPSA) is 71.2 Å². The first-order valence-electron chi connectivity index (χ1n) is 8.67. The summed E-state index contributed by atoms with van der Waals surface area (Å²) in [6.07, 6.45) is 7.31. The molecular formula is C20H20N4O2. The predicted octanol–water partition coefficient (Wildman–Crippen LogP) is 1.94. The Kier molecular flexibility index (Phi) is 4.50. The number of aliphatic hydroxyl groups excluding tert-OH is 1. The number of hydrogen-bond acceptors (Lipinski definition) is 4. The van der Waals surface area contributed by atoms with Crippen LogP contribution in [0.25, 0.3) is 5.69 Å². The number of likely N-dealkylation sites (tertiary alicyclic amines) is 1. The molecule has 1 aliphatic rings. The second-order valence-corrected chi connectivity index (χ2v) is 6.59. The molecule has 0 saturated carbocycles. The summed E-state index contributed by atoms with van der Waals surface area (Å²) in [7, 11) is 0. The fourth-order valence-electron chi connectivity index (χ4n) is 3.40. The highest BCUT2D eigenvalue weighted by Crippen LogP contribution is 2.23. The van der Waals surface area contributed by atoms with Crippen molar-refractivity contribution in [3.05, 3.63) is 78.4 Å². The number of amides is 1. The lowest BCUT2D eigenvalue weighted by Gasteiger charge is -2.16. The van der Waals surface area contributed by atoms with E-state index in [1.165, 1.54) is 0 Å². The van der Waals surface area contributed by atoms with Crippen molar-refractivity contribution < 1.29 is 9.90 Å². The average Bonchev–Trinajstić information content (AvgIpc) is 3.33. The van der Waals surface area contributed by atoms with Crippen molar-refractivity contribution in [1.82, 2.24) is 19.7 Å². The molecule has 1 fully saturated rings. The highest BCUT2D eigenvalue weighted by atomic mass is 16.3. The summed E-state index contributed by atoms with van der Waals surface area (Å²) in [6, 6.07) is 13.1. The second-order valence-electron chi connectivity index (χ2n) is 6.59. The smallest absolute Gasteiger partial charge is 0.253 e. The van der Waals surface area contributed by atoms with Gasteiger partial charge < -0.3 is 10.0 Å². The molecule has 26 heavy (non-hydrogen) atoms. The van der Waals surface area contributed by atoms with Gasteiger partial charge in [-0.3, -0.25) is 9.78 Å². The number of hydrogen-bond donors (Lipinski definition) is 1. The molecule has 4 rings (SSSR count). The van der Waals surface area contributed by atoms with E-state index in [4.69, 9.17) is 0 Å². The van der Waals surface area contributed by atoms with Gasteiger partial charge in [0.1, 0.15) is 0 Å². The van der Waals surface area contributed by atoms with Crippen LogP contribution in [0.3, 0.4) is 0 Å². The van der Waals surface area contributed by atoms with Gasteiger partial charge in [-0.15, -0.1) is 0 Å². The highest BCUT2D eigenvalue weighted by molar-refractivity contribution is 5.94. The molecule has 1 aliphatic heterocycles. The predicted molar refractivity (Wildman–Crippen MR) is 96.9 cm³/mol. The standard InChI is InChI=1S/C20H20N4O2/c25-19-14-23(13-17(19)12-15-6-9-21-10-7-15)20(26)16-2-4-18(5-3-16)24-11-1-8-22-24/h1-11,17,19,25H,12-14H2/t17-,19+/m1/s1. The van der Waals surface area contributed by atoms with Gasteiger partial charge in [0.25, 0.3) is 5.91 Å². The molecule has 1 saturated heterocycles. The number of carbonyl (C=O) groups excluding carboxylic acids is 1. The zero-order valence-electron chi connectivity index (χ0n) is 14.3. The first-order valence-corrected chi connectivity index (χ1v) is 8.67. The molecule has 0 radical (unpaired) electrons. The minimum atomic E-state index is -0.504. The Morgan fingerprint density at radius 1 is 1.08 bits per heavy atom. The van der Waals surface area contributed by atoms with Crippen LogP contribution >= 0.6 is 0 Å². The lowest BCUT2D eigenvalue weighted by Crippen LogP contribution is -2.29. The number of β-amino-alcohol motifs (C(OH)–C–C–N with tert-alkyl or cyclic N) is 1. The summed E-state index contributed by atoms with van der Waals surface area (Å²) in [5.41, 5.74) is 2.66. The molecule has 0 aliphatic carbocycles. The van der Waals surface area contributed by atoms with Crippen LogP contribution in [0.5, 0.6) is 0 Å². The fraction of sp³-hybridized carbons (Fsp3) is 0.250. The van der Waals surface area contributed by atoms with Crippen LogP contribution in [-0.4, -0.2) is 49.9 Å². The van der Waals surface area contributed by atoms with Crippen LogP contribution in [0.15, 0.2) is 67.3 Å². The second kappa shape index (κ2) is 7.09. The Hall–Kier alpha value is -2.99. The molecule has 2 atom stereocenters. The Morgan fingerprint density at radius 2 is 1.85 bits per heavy atom. The van der Waals surface area contributed by atoms with Crippen LogP contribution in [0.4, 0.5) is 0 Å². The minimum absolute atomic E-state index is 0.0460. The van der Waals surface area contributed by atoms with Crippen LogP contribution in [0.2, 0.25) is 0 Å². The van der Waals surface area contributed by atoms with Gasteiger partial charge >= 0.3 is 0 Å². The molecule has 2 aromatic heterocycles. The van der Waals surface area contributed by atoms with Gasteiger partial charge in [-0.05, 0) is 54.4 Å². The number of aliphatic hydroxyl groups is 1. The molecular weight excluding hydrogens is 328 g/mol. The zero-order valence-corrected chi connectivity index (χ0v) is 14.3. The number of carbonyl (C=O) groups is 1. The maximum absolute atomic E-state index is 12.8. The summed E-state index contributed by atoms with van der Waals surface area (Å²) in [6.45, 7) is 0.929. The Bertz CT molecular complexity index is 863. The van der Waals surface area contributed by atoms with E-state index in [1.807, 2.05) is 48.7 Å². The molecule has 6 nitrogen and oxygen atoms in total. The van der Waals surface area contributed by atoms with Gasteiger partial charge in [-0.25, -0.2) is 4.68 Å². The van der Waals surface area contributed by atoms with Crippen molar-refractivity contribution in [2.45, 2.75) is 12.5 Å². The average molecular weight is 348 g/mol. The summed E-state index contributed by atoms with van der Waals surface area (Å²) in [4.78, 5) is 18.5. The van der Waals surface area contributed by atoms with Gasteiger partial charge in [0.05, 0.1) is 11.8 Å². The van der Waals surface area contributed by atoms with Crippen molar-refractivity contribution in [2.75, 3.05) is 13.1 Å². The number of aromatic nitrogens is 3. The van der Waals surface area contributed by atoms with Crippen molar-refractivity contribution in [3.8, 4) is 5.69 Å². The summed E-state index contributed by atoms with van der Waals surface area (Å²) in [5.74, 6) is -0.00186. The van der Waals surface area contributed by atoms with Crippen molar-refractivity contribution in [1.29, 1.82) is 0 Å². The Balaban J connectivity index is 1.43. The third-order valence-corrected chi connectivity index (χ3v) is 4.82. The van der Waals surface area contributed by atoms with Crippen LogP contribution in [0, 0.1) is 5.92 Å². The zero-order chi connectivity index (χ0) is 17.9. The van der Waals surface area contributed by atoms with Crippen molar-refractivity contribution >= 4 is 5.91 Å². The molecule has 3 heterocycles. The molecule has 1 aromatic carbocycles. The fourth-order valence-corrected chi connectivity index (χ4v) is 3.40. The monoisotopic (exact) mass is 348 g/mol. The van der Waals surface area contributed by atoms with E-state index in [-0.39, 0.29) is 11.8 Å². The van der Waals surface area contributed by atoms with Gasteiger partial charge in [-0.1, -0.05) is 0 Å². The highest BCUT2D eigenvalue weighted by Gasteiger charge is 2.34. The van der Waals surface area contributed by atoms with Crippen LogP contribution < -0.4 is 0 Å². The molecule has 1 N–H and O–H groups in total. The van der Waals surface area contributed by atoms with E-state index >= 15 is 0 Å². The lowest BCUT2D eigenvalue weighted by atomic mass is 9.97. The van der Waals surface area contributed by atoms with Crippen LogP contribution in [-0.2, 0) is 6.42 Å². The third-order valence-electron chi connectivity index (χ3n) is 4.82. The van der Waals surface area contributed by atoms with E-state index in [0.29, 0.717) is 18.7 Å². The van der Waals surface area contributed by atoms with E-state index < -0.39 is 6.10 Å². The summed E-state index contributed by atoms with van der Waals surface area (Å²) >= 11 is 0. The van der Waals surface area contributed by atoms with E-state index in [9.17, 15) is 9.90 Å². The van der Waals surface area contributed by atoms with Crippen LogP contribution in [0.1, 0.15) is 15.9 Å². The Morgan fingerprint density at radius 3 is 2.54 bits per heavy atom. The molecule has 3 aromatic rings.